The summed E-state index contributed by atoms with van der Waals surface area (Å²) >= 11 is 0. The second kappa shape index (κ2) is 4.04. The van der Waals surface area contributed by atoms with Gasteiger partial charge in [-0.15, -0.1) is 0 Å². The fourth-order valence-electron chi connectivity index (χ4n) is 1.24. The Hall–Kier alpha value is -1.12. The Kier molecular flexibility index (Phi) is 3.02. The van der Waals surface area contributed by atoms with E-state index in [9.17, 15) is 0 Å². The predicted molar refractivity (Wildman–Crippen MR) is 49.7 cm³/mol. The summed E-state index contributed by atoms with van der Waals surface area (Å²) in [5.74, 6) is 0. The number of nitrogens with zero attached hydrogens (tertiary/aromatic N) is 2. The molecule has 0 bridgehead atoms. The maximum absolute atomic E-state index is 4.10. The van der Waals surface area contributed by atoms with Gasteiger partial charge < -0.3 is 0 Å². The topological polar surface area (TPSA) is 41.6 Å². The van der Waals surface area contributed by atoms with E-state index >= 15 is 0 Å². The third kappa shape index (κ3) is 1.72. The van der Waals surface area contributed by atoms with Crippen LogP contribution in [0, 0.1) is 6.92 Å². The van der Waals surface area contributed by atoms with E-state index in [2.05, 4.69) is 35.3 Å². The summed E-state index contributed by atoms with van der Waals surface area (Å²) in [6.07, 6.45) is 4.27. The highest BCUT2D eigenvalue weighted by atomic mass is 15.3. The van der Waals surface area contributed by atoms with E-state index < -0.39 is 0 Å². The third-order valence-electron chi connectivity index (χ3n) is 1.86. The van der Waals surface area contributed by atoms with Crippen molar-refractivity contribution in [2.45, 2.75) is 33.6 Å². The molecule has 0 fully saturated rings. The number of rotatable bonds is 3. The summed E-state index contributed by atoms with van der Waals surface area (Å²) in [5.41, 5.74) is 3.28. The number of aromatic nitrogens is 3. The average Bonchev–Trinajstić information content (AvgIpc) is 2.47. The number of allylic oxidation sites excluding steroid dienone is 2. The molecule has 1 rings (SSSR count). The molecule has 1 N–H and O–H groups in total. The summed E-state index contributed by atoms with van der Waals surface area (Å²) in [4.78, 5) is 0. The van der Waals surface area contributed by atoms with Crippen molar-refractivity contribution in [1.82, 2.24) is 15.4 Å². The second-order valence-corrected chi connectivity index (χ2v) is 2.75. The molecule has 0 saturated heterocycles. The summed E-state index contributed by atoms with van der Waals surface area (Å²) in [6.45, 7) is 6.23. The smallest absolute Gasteiger partial charge is 0.111 e. The molecule has 66 valence electrons. The van der Waals surface area contributed by atoms with E-state index in [0.29, 0.717) is 0 Å². The molecule has 0 amide bonds. The van der Waals surface area contributed by atoms with Gasteiger partial charge in [-0.05, 0) is 25.3 Å². The average molecular weight is 165 g/mol. The van der Waals surface area contributed by atoms with Gasteiger partial charge in [0.25, 0.3) is 0 Å². The summed E-state index contributed by atoms with van der Waals surface area (Å²) in [6, 6.07) is 0. The van der Waals surface area contributed by atoms with E-state index in [1.807, 2.05) is 6.92 Å². The van der Waals surface area contributed by atoms with Gasteiger partial charge >= 0.3 is 0 Å². The Morgan fingerprint density at radius 2 is 2.17 bits per heavy atom. The lowest BCUT2D eigenvalue weighted by Crippen LogP contribution is -1.86. The molecule has 0 aliphatic carbocycles. The van der Waals surface area contributed by atoms with Crippen LogP contribution in [0.2, 0.25) is 0 Å². The van der Waals surface area contributed by atoms with Gasteiger partial charge in [-0.3, -0.25) is 0 Å². The van der Waals surface area contributed by atoms with E-state index in [0.717, 1.165) is 24.2 Å². The fourth-order valence-corrected chi connectivity index (χ4v) is 1.24. The van der Waals surface area contributed by atoms with Crippen molar-refractivity contribution in [3.05, 3.63) is 17.5 Å². The number of hydrogen-bond donors (Lipinski definition) is 1. The van der Waals surface area contributed by atoms with Gasteiger partial charge in [-0.2, -0.15) is 15.4 Å². The molecule has 0 radical (unpaired) electrons. The van der Waals surface area contributed by atoms with E-state index in [4.69, 9.17) is 0 Å². The first-order valence-electron chi connectivity index (χ1n) is 4.36. The van der Waals surface area contributed by atoms with Gasteiger partial charge in [-0.1, -0.05) is 19.9 Å². The number of aryl methyl sites for hydroxylation is 1. The molecule has 0 unspecified atom stereocenters. The lowest BCUT2D eigenvalue weighted by atomic mass is 10.1. The van der Waals surface area contributed by atoms with Crippen molar-refractivity contribution in [3.8, 4) is 0 Å². The fraction of sp³-hybridized carbons (Fsp3) is 0.556. The second-order valence-electron chi connectivity index (χ2n) is 2.75. The van der Waals surface area contributed by atoms with Gasteiger partial charge in [0.1, 0.15) is 5.69 Å². The molecule has 0 atom stereocenters. The van der Waals surface area contributed by atoms with Gasteiger partial charge in [0, 0.05) is 0 Å². The minimum absolute atomic E-state index is 0.983. The monoisotopic (exact) mass is 165 g/mol. The van der Waals surface area contributed by atoms with Crippen molar-refractivity contribution in [1.29, 1.82) is 0 Å². The number of hydrogen-bond acceptors (Lipinski definition) is 2. The zero-order valence-corrected chi connectivity index (χ0v) is 7.89. The van der Waals surface area contributed by atoms with Crippen LogP contribution >= 0.6 is 0 Å². The van der Waals surface area contributed by atoms with Gasteiger partial charge in [0.05, 0.1) is 5.69 Å². The molecule has 0 saturated carbocycles. The Morgan fingerprint density at radius 1 is 1.42 bits per heavy atom. The van der Waals surface area contributed by atoms with E-state index in [1.54, 1.807) is 0 Å². The van der Waals surface area contributed by atoms with E-state index in [1.165, 1.54) is 5.57 Å². The lowest BCUT2D eigenvalue weighted by molar-refractivity contribution is 0.924. The normalized spacial score (nSPS) is 12.1. The molecule has 0 spiro atoms. The minimum atomic E-state index is 0.983. The first kappa shape index (κ1) is 8.97. The molecule has 3 heteroatoms. The Morgan fingerprint density at radius 3 is 2.58 bits per heavy atom. The Balaban J connectivity index is 2.95. The SMILES string of the molecule is CC/C=C(\CC)c1n[nH]nc1C. The maximum atomic E-state index is 4.10. The van der Waals surface area contributed by atoms with Crippen molar-refractivity contribution >= 4 is 5.57 Å². The van der Waals surface area contributed by atoms with Crippen LogP contribution in [0.25, 0.3) is 5.57 Å². The minimum Gasteiger partial charge on any atom is -0.197 e. The highest BCUT2D eigenvalue weighted by Crippen LogP contribution is 2.17. The van der Waals surface area contributed by atoms with Gasteiger partial charge in [0.15, 0.2) is 0 Å². The standard InChI is InChI=1S/C9H15N3/c1-4-6-8(5-2)9-7(3)10-12-11-9/h6H,4-5H2,1-3H3,(H,10,11,12)/b8-6+. The largest absolute Gasteiger partial charge is 0.197 e. The van der Waals surface area contributed by atoms with Crippen LogP contribution < -0.4 is 0 Å². The Labute approximate surface area is 72.9 Å². The molecule has 1 aromatic rings. The molecule has 0 aliphatic rings. The summed E-state index contributed by atoms with van der Waals surface area (Å²) < 4.78 is 0. The Bertz CT molecular complexity index is 273. The van der Waals surface area contributed by atoms with Crippen molar-refractivity contribution in [3.63, 3.8) is 0 Å². The molecular formula is C9H15N3. The first-order valence-corrected chi connectivity index (χ1v) is 4.36. The van der Waals surface area contributed by atoms with Crippen LogP contribution in [-0.2, 0) is 0 Å². The van der Waals surface area contributed by atoms with Crippen molar-refractivity contribution < 1.29 is 0 Å². The highest BCUT2D eigenvalue weighted by molar-refractivity contribution is 5.63. The predicted octanol–water partition coefficient (Wildman–Crippen LogP) is 2.32. The third-order valence-corrected chi connectivity index (χ3v) is 1.86. The first-order chi connectivity index (χ1) is 5.79. The van der Waals surface area contributed by atoms with Crippen molar-refractivity contribution in [2.24, 2.45) is 0 Å². The molecule has 3 nitrogen and oxygen atoms in total. The zero-order valence-electron chi connectivity index (χ0n) is 7.89. The molecule has 0 aliphatic heterocycles. The van der Waals surface area contributed by atoms with Gasteiger partial charge in [0.2, 0.25) is 0 Å². The van der Waals surface area contributed by atoms with Crippen LogP contribution in [0.5, 0.6) is 0 Å². The van der Waals surface area contributed by atoms with E-state index in [-0.39, 0.29) is 0 Å². The quantitative estimate of drug-likeness (QED) is 0.746. The number of H-pyrrole nitrogens is 1. The molecule has 1 heterocycles. The number of aromatic amines is 1. The van der Waals surface area contributed by atoms with Crippen LogP contribution in [0.4, 0.5) is 0 Å². The van der Waals surface area contributed by atoms with Crippen LogP contribution in [0.3, 0.4) is 0 Å². The summed E-state index contributed by atoms with van der Waals surface area (Å²) in [7, 11) is 0. The zero-order chi connectivity index (χ0) is 8.97. The molecule has 12 heavy (non-hydrogen) atoms. The molecule has 0 aromatic carbocycles. The highest BCUT2D eigenvalue weighted by Gasteiger charge is 2.05. The van der Waals surface area contributed by atoms with Crippen LogP contribution in [-0.4, -0.2) is 15.4 Å². The lowest BCUT2D eigenvalue weighted by Gasteiger charge is -1.99. The number of nitrogens with one attached hydrogen (secondary N) is 1. The van der Waals surface area contributed by atoms with Crippen molar-refractivity contribution in [2.75, 3.05) is 0 Å². The molecule has 1 aromatic heterocycles. The van der Waals surface area contributed by atoms with Crippen LogP contribution in [0.15, 0.2) is 6.08 Å². The maximum Gasteiger partial charge on any atom is 0.111 e. The van der Waals surface area contributed by atoms with Gasteiger partial charge in [-0.25, -0.2) is 0 Å². The molecular weight excluding hydrogens is 150 g/mol. The summed E-state index contributed by atoms with van der Waals surface area (Å²) in [5, 5.41) is 10.7. The van der Waals surface area contributed by atoms with Crippen LogP contribution in [0.1, 0.15) is 38.1 Å².